The molecule has 3 aromatic carbocycles. The van der Waals surface area contributed by atoms with E-state index in [0.29, 0.717) is 48.8 Å². The Kier molecular flexibility index (Phi) is 40.9. The number of thiophene rings is 2. The third-order valence-electron chi connectivity index (χ3n) is 27.7. The number of cyclic esters (lactones) is 1. The van der Waals surface area contributed by atoms with Gasteiger partial charge in [0.25, 0.3) is 0 Å². The van der Waals surface area contributed by atoms with Crippen LogP contribution < -0.4 is 85.5 Å². The molecule has 798 valence electrons. The first-order valence-electron chi connectivity index (χ1n) is 50.2. The third kappa shape index (κ3) is 31.5. The van der Waals surface area contributed by atoms with Gasteiger partial charge in [0.15, 0.2) is 0 Å². The number of carboxylic acid groups (broad SMARTS) is 3. The third-order valence-corrected chi connectivity index (χ3v) is 29.5. The van der Waals surface area contributed by atoms with Crippen molar-refractivity contribution in [3.05, 3.63) is 153 Å². The number of carbonyl (C=O) groups excluding carboxylic acids is 18. The highest BCUT2D eigenvalue weighted by molar-refractivity contribution is 7.17. The van der Waals surface area contributed by atoms with E-state index in [2.05, 4.69) is 79.8 Å². The van der Waals surface area contributed by atoms with Crippen LogP contribution in [0.25, 0.3) is 10.1 Å². The number of nitrogens with zero attached hydrogens (tertiary/aromatic N) is 2. The largest absolute Gasteiger partial charge is 0.481 e. The van der Waals surface area contributed by atoms with Crippen molar-refractivity contribution in [2.45, 2.75) is 303 Å². The van der Waals surface area contributed by atoms with Crippen LogP contribution in [0.4, 0.5) is 4.79 Å². The van der Waals surface area contributed by atoms with Gasteiger partial charge in [-0.2, -0.15) is 11.3 Å². The molecule has 3 spiro atoms. The van der Waals surface area contributed by atoms with Gasteiger partial charge in [0, 0.05) is 63.4 Å². The Bertz CT molecular complexity index is 5770. The van der Waals surface area contributed by atoms with Crippen LogP contribution in [0.1, 0.15) is 221 Å². The molecule has 7 heterocycles. The number of aromatic carboxylic acids is 1. The minimum atomic E-state index is -2.22. The second-order valence-corrected chi connectivity index (χ2v) is 41.0. The molecule has 14 atom stereocenters. The molecule has 20 N–H and O–H groups in total. The Morgan fingerprint density at radius 1 is 0.514 bits per heavy atom. The summed E-state index contributed by atoms with van der Waals surface area (Å²) in [5.74, 6) is -21.8. The van der Waals surface area contributed by atoms with Crippen molar-refractivity contribution in [2.75, 3.05) is 32.8 Å². The molecule has 1 aliphatic carbocycles. The standard InChI is InChI=1S/C103H134N18O25S2/c1-60(83(104)128)106-85(130)71-37-38-79(123)105-45-24-20-35-70-91(136)118-102(97(143)113-73(53-65-39-49-147-57-65)87(132)112-75(88(133)109-71)54-68-58-148-78-36-19-18-34-69(68)78)44-47-120(59-102)99(145)146-48-25-11-7-6-8-21-40-101(41-22-9-10-23-42-103(43-27-46-121(103)62(3)122)98(144)115-77(56-81(126)127)90(135)116-82(93(138)119-101)66-31-16-13-17-32-66)96(142)114-76(55-80(124)125)89(134)111-74(52-64-30-26-33-67(50-64)94(139)140)92(137)117-100(4,5)95(141)107-61(2)84(129)110-72(86(131)108-70)51-63-28-14-12-15-29-63/h6-7,10,12,14-15,18-19,23,26,28-30,33-34,36,39,49-50,57-58,60-61,66,70-77,82H,8-9,11,13,16-17,20-22,24-25,27,31-32,35,37-38,40-48,51-56,59H2,1-5H3,(H2,104,128)(H,105,123)(H,106,130)(H,107,141)(H,108,131)(H,109,133)(H,110,129)(H,111,134)(H,112,132)(H,113,143)(H,114,142)(H,115,144)(H,116,135)(H,117,137)(H,118,136)(H,119,138)(H,124,125)(H,126,127)(H,139,140)/b7-6+,23-10+/t60-,61-,70-,71-,72-,73-,74-,75-,76-,77-,82-,101-,102-,103-/m0/s1. The van der Waals surface area contributed by atoms with Crippen LogP contribution in [0.2, 0.25) is 0 Å². The maximum absolute atomic E-state index is 16.2. The van der Waals surface area contributed by atoms with Gasteiger partial charge < -0.3 is 115 Å². The van der Waals surface area contributed by atoms with Gasteiger partial charge in [-0.15, -0.1) is 11.3 Å². The smallest absolute Gasteiger partial charge is 0.409 e. The van der Waals surface area contributed by atoms with Crippen molar-refractivity contribution in [1.82, 2.24) is 89.6 Å². The summed E-state index contributed by atoms with van der Waals surface area (Å²) in [4.78, 5) is 310. The molecular formula is C103H134N18O25S2. The summed E-state index contributed by atoms with van der Waals surface area (Å²) >= 11 is 2.61. The Morgan fingerprint density at radius 2 is 1.09 bits per heavy atom. The molecule has 5 aromatic rings. The van der Waals surface area contributed by atoms with Crippen LogP contribution in [-0.2, 0) is 122 Å². The Hall–Kier alpha value is -14.5. The molecule has 3 saturated heterocycles. The summed E-state index contributed by atoms with van der Waals surface area (Å²) < 4.78 is 6.73. The second-order valence-electron chi connectivity index (χ2n) is 39.3. The number of primary amides is 1. The number of likely N-dealkylation sites (tertiary alicyclic amines) is 1. The monoisotopic (exact) mass is 2090 g/mol. The SMILES string of the molecule is CC(=O)N1CCC[C@]12C/C=C/CCC[C@]1(CCC/C=C/CCCOC(=O)N3CC[C@@]4(C3)NC(=O)[C@H](CCCCNC(=O)CC[C@@H](C(=O)N[C@@H](C)C(N)=O)NC(=O)[C@H](Cc3csc5ccccc35)NC(=O)[C@H](Cc3ccsc3)NC4=O)NC(=O)[C@H](Cc3ccccc3)NC(=O)[C@H](C)NC(=O)C(C)(C)NC(=O)[C@H](Cc3cccc(C(=O)O)c3)NC(=O)[C@H](CC(=O)O)NC1=O)NC(=O)[C@H](C1CCCCC1)NC(=O)[C@H](CC(=O)O)NC2=O. The Morgan fingerprint density at radius 3 is 1.77 bits per heavy atom. The first kappa shape index (κ1) is 114. The van der Waals surface area contributed by atoms with Gasteiger partial charge in [-0.1, -0.05) is 104 Å². The minimum Gasteiger partial charge on any atom is -0.481 e. The fourth-order valence-electron chi connectivity index (χ4n) is 19.3. The number of nitrogens with two attached hydrogens (primary N) is 1. The number of aliphatic carboxylic acids is 2. The molecule has 0 radical (unpaired) electrons. The summed E-state index contributed by atoms with van der Waals surface area (Å²) in [5, 5.41) is 77.6. The van der Waals surface area contributed by atoms with Crippen molar-refractivity contribution in [2.24, 2.45) is 11.7 Å². The van der Waals surface area contributed by atoms with Crippen LogP contribution in [0, 0.1) is 5.92 Å². The van der Waals surface area contributed by atoms with Crippen LogP contribution in [0.5, 0.6) is 0 Å². The van der Waals surface area contributed by atoms with E-state index in [-0.39, 0.29) is 153 Å². The molecule has 11 rings (SSSR count). The van der Waals surface area contributed by atoms with Crippen LogP contribution in [-0.4, -0.2) is 271 Å². The molecule has 3 bridgehead atoms. The predicted molar refractivity (Wildman–Crippen MR) is 540 cm³/mol. The average molecular weight is 2090 g/mol. The lowest BCUT2D eigenvalue weighted by molar-refractivity contribution is -0.147. The number of nitrogens with one attached hydrogen (secondary N) is 15. The van der Waals surface area contributed by atoms with Crippen LogP contribution in [0.15, 0.2) is 125 Å². The van der Waals surface area contributed by atoms with E-state index in [1.165, 1.54) is 86.5 Å². The number of carboxylic acids is 3. The zero-order chi connectivity index (χ0) is 107. The number of rotatable bonds is 17. The topological polar surface area (TPSA) is 641 Å². The van der Waals surface area contributed by atoms with E-state index >= 15 is 43.2 Å². The molecule has 0 unspecified atom stereocenters. The number of benzene rings is 3. The Labute approximate surface area is 863 Å². The molecule has 1 saturated carbocycles. The molecule has 2 aromatic heterocycles. The number of allylic oxidation sites excluding steroid dienone is 3. The van der Waals surface area contributed by atoms with Gasteiger partial charge in [0.2, 0.25) is 100 Å². The number of carbonyl (C=O) groups is 21. The maximum atomic E-state index is 16.2. The molecule has 6 aliphatic rings. The summed E-state index contributed by atoms with van der Waals surface area (Å²) in [6.45, 7) is 5.10. The Balaban J connectivity index is 0.975. The van der Waals surface area contributed by atoms with E-state index in [9.17, 15) is 72.9 Å². The van der Waals surface area contributed by atoms with Crippen molar-refractivity contribution < 1.29 is 121 Å². The molecule has 5 aliphatic heterocycles. The lowest BCUT2D eigenvalue weighted by Crippen LogP contribution is -2.67. The highest BCUT2D eigenvalue weighted by Gasteiger charge is 2.53. The van der Waals surface area contributed by atoms with Gasteiger partial charge in [0.05, 0.1) is 31.6 Å². The number of hydrogen-bond acceptors (Lipinski definition) is 24. The molecular weight excluding hydrogens is 1950 g/mol. The quantitative estimate of drug-likeness (QED) is 0.0595. The van der Waals surface area contributed by atoms with E-state index in [1.807, 2.05) is 18.2 Å². The summed E-state index contributed by atoms with van der Waals surface area (Å²) in [6.07, 6.45) is 3.81. The van der Waals surface area contributed by atoms with Gasteiger partial charge in [-0.3, -0.25) is 91.1 Å². The van der Waals surface area contributed by atoms with Crippen molar-refractivity contribution >= 4 is 157 Å². The van der Waals surface area contributed by atoms with E-state index < -0.39 is 251 Å². The fraction of sp³-hybridized carbons (Fsp3) is 0.524. The van der Waals surface area contributed by atoms with Crippen molar-refractivity contribution in [3.63, 3.8) is 0 Å². The first-order valence-corrected chi connectivity index (χ1v) is 52.0. The zero-order valence-electron chi connectivity index (χ0n) is 83.5. The lowest BCUT2D eigenvalue weighted by atomic mass is 9.81. The van der Waals surface area contributed by atoms with E-state index in [4.69, 9.17) is 10.5 Å². The summed E-state index contributed by atoms with van der Waals surface area (Å²) in [5.41, 5.74) is -1.18. The van der Waals surface area contributed by atoms with Crippen molar-refractivity contribution in [1.29, 1.82) is 0 Å². The summed E-state index contributed by atoms with van der Waals surface area (Å²) in [7, 11) is 0. The molecule has 148 heavy (non-hydrogen) atoms. The van der Waals surface area contributed by atoms with Gasteiger partial charge in [-0.25, -0.2) is 9.59 Å². The van der Waals surface area contributed by atoms with E-state index in [1.54, 1.807) is 82.9 Å². The molecule has 43 nitrogen and oxygen atoms in total. The van der Waals surface area contributed by atoms with Gasteiger partial charge >= 0.3 is 24.0 Å². The number of ether oxygens (including phenoxy) is 1. The highest BCUT2D eigenvalue weighted by Crippen LogP contribution is 2.37. The fourth-order valence-corrected chi connectivity index (χ4v) is 21.0. The minimum absolute atomic E-state index is 0.0153. The molecule has 18 amide bonds. The van der Waals surface area contributed by atoms with Crippen LogP contribution in [0.3, 0.4) is 0 Å². The van der Waals surface area contributed by atoms with Crippen molar-refractivity contribution in [3.8, 4) is 0 Å². The van der Waals surface area contributed by atoms with Gasteiger partial charge in [0.1, 0.15) is 88.6 Å². The average Bonchev–Trinajstić information content (AvgIpc) is 1.64. The molecule has 45 heteroatoms. The second kappa shape index (κ2) is 53.2. The maximum Gasteiger partial charge on any atom is 0.409 e. The van der Waals surface area contributed by atoms with E-state index in [0.717, 1.165) is 21.4 Å². The van der Waals surface area contributed by atoms with Gasteiger partial charge in [-0.05, 0) is 217 Å². The van der Waals surface area contributed by atoms with Crippen LogP contribution >= 0.6 is 22.7 Å². The number of hydrogen-bond donors (Lipinski definition) is 19. The normalized spacial score (nSPS) is 27.2. The zero-order valence-corrected chi connectivity index (χ0v) is 85.1. The number of fused-ring (bicyclic) bond motifs is 4. The first-order chi connectivity index (χ1) is 70.5. The molecule has 4 fully saturated rings. The lowest BCUT2D eigenvalue weighted by Gasteiger charge is -2.39. The highest BCUT2D eigenvalue weighted by atomic mass is 32.1. The predicted octanol–water partition coefficient (Wildman–Crippen LogP) is 2.88. The summed E-state index contributed by atoms with van der Waals surface area (Å²) in [6, 6.07) is 4.05. The number of amides is 18.